The molecule has 0 radical (unpaired) electrons. The Balaban J connectivity index is 2.44. The zero-order chi connectivity index (χ0) is 15.3. The number of ether oxygens (including phenoxy) is 2. The number of hydrogen-bond donors (Lipinski definition) is 1. The molecule has 0 aliphatic carbocycles. The number of hydrogen-bond acceptors (Lipinski definition) is 5. The van der Waals surface area contributed by atoms with Crippen molar-refractivity contribution in [3.05, 3.63) is 0 Å². The van der Waals surface area contributed by atoms with Gasteiger partial charge < -0.3 is 14.8 Å². The number of likely N-dealkylation sites (tertiary alicyclic amines) is 1. The minimum absolute atomic E-state index is 0.150. The van der Waals surface area contributed by atoms with E-state index in [0.29, 0.717) is 12.5 Å². The Bertz CT molecular complexity index is 352. The molecule has 6 nitrogen and oxygen atoms in total. The van der Waals surface area contributed by atoms with Crippen LogP contribution in [0.25, 0.3) is 0 Å². The van der Waals surface area contributed by atoms with E-state index >= 15 is 0 Å². The predicted octanol–water partition coefficient (Wildman–Crippen LogP) is 1.39. The topological polar surface area (TPSA) is 67.9 Å². The maximum absolute atomic E-state index is 11.6. The molecule has 0 aromatic heterocycles. The molecule has 20 heavy (non-hydrogen) atoms. The van der Waals surface area contributed by atoms with E-state index in [4.69, 9.17) is 9.47 Å². The molecular formula is C14H26N2O4. The number of amides is 1. The highest BCUT2D eigenvalue weighted by Gasteiger charge is 2.31. The Kier molecular flexibility index (Phi) is 5.80. The fraction of sp³-hybridized carbons (Fsp3) is 0.857. The predicted molar refractivity (Wildman–Crippen MR) is 75.4 cm³/mol. The van der Waals surface area contributed by atoms with Crippen LogP contribution in [0.4, 0.5) is 4.79 Å². The summed E-state index contributed by atoms with van der Waals surface area (Å²) in [6.07, 6.45) is 0.530. The molecule has 0 bridgehead atoms. The lowest BCUT2D eigenvalue weighted by atomic mass is 10.1. The van der Waals surface area contributed by atoms with Crippen LogP contribution in [0.15, 0.2) is 0 Å². The summed E-state index contributed by atoms with van der Waals surface area (Å²) in [6.45, 7) is 9.21. The highest BCUT2D eigenvalue weighted by Crippen LogP contribution is 2.22. The molecule has 1 heterocycles. The van der Waals surface area contributed by atoms with Gasteiger partial charge in [0.1, 0.15) is 5.60 Å². The summed E-state index contributed by atoms with van der Waals surface area (Å²) in [5.41, 5.74) is -0.501. The Morgan fingerprint density at radius 2 is 2.00 bits per heavy atom. The minimum atomic E-state index is -0.501. The second-order valence-electron chi connectivity index (χ2n) is 6.38. The van der Waals surface area contributed by atoms with Crippen LogP contribution in [-0.2, 0) is 14.3 Å². The zero-order valence-electron chi connectivity index (χ0n) is 13.1. The first-order chi connectivity index (χ1) is 9.21. The molecule has 116 valence electrons. The Morgan fingerprint density at radius 1 is 1.35 bits per heavy atom. The van der Waals surface area contributed by atoms with E-state index in [0.717, 1.165) is 13.0 Å². The highest BCUT2D eigenvalue weighted by molar-refractivity contribution is 5.71. The molecule has 6 heteroatoms. The summed E-state index contributed by atoms with van der Waals surface area (Å²) in [4.78, 5) is 25.1. The highest BCUT2D eigenvalue weighted by atomic mass is 16.6. The van der Waals surface area contributed by atoms with Gasteiger partial charge in [-0.25, -0.2) is 4.79 Å². The summed E-state index contributed by atoms with van der Waals surface area (Å²) >= 11 is 0. The van der Waals surface area contributed by atoms with Crippen LogP contribution in [0.1, 0.15) is 34.1 Å². The molecule has 1 aliphatic heterocycles. The van der Waals surface area contributed by atoms with Gasteiger partial charge in [-0.05, 0) is 33.1 Å². The second-order valence-corrected chi connectivity index (χ2v) is 6.38. The zero-order valence-corrected chi connectivity index (χ0v) is 13.1. The molecule has 0 aromatic rings. The van der Waals surface area contributed by atoms with Gasteiger partial charge in [0.15, 0.2) is 0 Å². The van der Waals surface area contributed by atoms with Gasteiger partial charge in [-0.15, -0.1) is 0 Å². The third kappa shape index (κ3) is 5.77. The summed E-state index contributed by atoms with van der Waals surface area (Å²) in [6, 6.07) is 0.150. The lowest BCUT2D eigenvalue weighted by Crippen LogP contribution is -2.43. The third-order valence-electron chi connectivity index (χ3n) is 3.18. The van der Waals surface area contributed by atoms with Crippen molar-refractivity contribution in [1.29, 1.82) is 0 Å². The van der Waals surface area contributed by atoms with Crippen molar-refractivity contribution in [3.8, 4) is 0 Å². The second kappa shape index (κ2) is 6.92. The molecule has 2 atom stereocenters. The Hall–Kier alpha value is -1.30. The smallest absolute Gasteiger partial charge is 0.407 e. The van der Waals surface area contributed by atoms with E-state index < -0.39 is 11.7 Å². The first-order valence-electron chi connectivity index (χ1n) is 6.99. The Labute approximate surface area is 120 Å². The van der Waals surface area contributed by atoms with E-state index in [1.54, 1.807) is 0 Å². The van der Waals surface area contributed by atoms with E-state index in [-0.39, 0.29) is 18.6 Å². The number of nitrogens with one attached hydrogen (secondary N) is 1. The number of methoxy groups -OCH3 is 1. The maximum Gasteiger partial charge on any atom is 0.407 e. The van der Waals surface area contributed by atoms with E-state index in [2.05, 4.69) is 12.2 Å². The summed E-state index contributed by atoms with van der Waals surface area (Å²) in [7, 11) is 1.38. The van der Waals surface area contributed by atoms with Crippen LogP contribution in [-0.4, -0.2) is 55.3 Å². The third-order valence-corrected chi connectivity index (χ3v) is 3.18. The molecule has 1 saturated heterocycles. The molecule has 1 N–H and O–H groups in total. The summed E-state index contributed by atoms with van der Waals surface area (Å²) < 4.78 is 9.90. The van der Waals surface area contributed by atoms with Crippen molar-refractivity contribution >= 4 is 12.1 Å². The van der Waals surface area contributed by atoms with Crippen LogP contribution in [0, 0.1) is 5.92 Å². The van der Waals surface area contributed by atoms with Crippen molar-refractivity contribution in [1.82, 2.24) is 10.2 Å². The minimum Gasteiger partial charge on any atom is -0.468 e. The molecule has 1 rings (SSSR count). The van der Waals surface area contributed by atoms with E-state index in [1.807, 2.05) is 25.7 Å². The van der Waals surface area contributed by atoms with Crippen LogP contribution < -0.4 is 5.32 Å². The van der Waals surface area contributed by atoms with Crippen molar-refractivity contribution in [2.45, 2.75) is 45.8 Å². The van der Waals surface area contributed by atoms with Gasteiger partial charge in [0.05, 0.1) is 13.7 Å². The van der Waals surface area contributed by atoms with Crippen molar-refractivity contribution in [2.75, 3.05) is 26.7 Å². The summed E-state index contributed by atoms with van der Waals surface area (Å²) in [5.74, 6) is 0.256. The number of carbonyl (C=O) groups is 2. The van der Waals surface area contributed by atoms with Crippen LogP contribution in [0.2, 0.25) is 0 Å². The van der Waals surface area contributed by atoms with Crippen LogP contribution >= 0.6 is 0 Å². The fourth-order valence-corrected chi connectivity index (χ4v) is 2.39. The molecule has 0 spiro atoms. The largest absolute Gasteiger partial charge is 0.468 e. The van der Waals surface area contributed by atoms with Gasteiger partial charge in [-0.2, -0.15) is 0 Å². The standard InChI is InChI=1S/C14H26N2O4/c1-10-6-11(16(8-10)9-12(17)19-5)7-15-13(18)20-14(2,3)4/h10-11H,6-9H2,1-5H3,(H,15,18)/t10-,11+/m0/s1. The average Bonchev–Trinajstić information content (AvgIpc) is 2.64. The molecule has 0 unspecified atom stereocenters. The molecule has 1 aliphatic rings. The number of carbonyl (C=O) groups excluding carboxylic acids is 2. The lowest BCUT2D eigenvalue weighted by molar-refractivity contribution is -0.142. The quantitative estimate of drug-likeness (QED) is 0.791. The van der Waals surface area contributed by atoms with Gasteiger partial charge in [0.25, 0.3) is 0 Å². The fourth-order valence-electron chi connectivity index (χ4n) is 2.39. The SMILES string of the molecule is COC(=O)CN1C[C@@H](C)C[C@@H]1CNC(=O)OC(C)(C)C. The van der Waals surface area contributed by atoms with Crippen LogP contribution in [0.5, 0.6) is 0 Å². The molecule has 0 saturated carbocycles. The van der Waals surface area contributed by atoms with E-state index in [1.165, 1.54) is 7.11 Å². The van der Waals surface area contributed by atoms with Crippen molar-refractivity contribution < 1.29 is 19.1 Å². The van der Waals surface area contributed by atoms with Gasteiger partial charge in [0, 0.05) is 19.1 Å². The number of esters is 1. The van der Waals surface area contributed by atoms with E-state index in [9.17, 15) is 9.59 Å². The Morgan fingerprint density at radius 3 is 2.55 bits per heavy atom. The van der Waals surface area contributed by atoms with Crippen molar-refractivity contribution in [2.24, 2.45) is 5.92 Å². The molecule has 1 fully saturated rings. The average molecular weight is 286 g/mol. The maximum atomic E-state index is 11.6. The van der Waals surface area contributed by atoms with Gasteiger partial charge >= 0.3 is 12.1 Å². The molecule has 1 amide bonds. The summed E-state index contributed by atoms with van der Waals surface area (Å²) in [5, 5.41) is 2.77. The number of alkyl carbamates (subject to hydrolysis) is 1. The van der Waals surface area contributed by atoms with Gasteiger partial charge in [0.2, 0.25) is 0 Å². The van der Waals surface area contributed by atoms with Gasteiger partial charge in [-0.3, -0.25) is 9.69 Å². The normalized spacial score (nSPS) is 23.4. The van der Waals surface area contributed by atoms with Crippen LogP contribution in [0.3, 0.4) is 0 Å². The monoisotopic (exact) mass is 286 g/mol. The first-order valence-corrected chi connectivity index (χ1v) is 6.99. The lowest BCUT2D eigenvalue weighted by Gasteiger charge is -2.24. The molecular weight excluding hydrogens is 260 g/mol. The molecule has 0 aromatic carbocycles. The number of nitrogens with zero attached hydrogens (tertiary/aromatic N) is 1. The number of rotatable bonds is 4. The van der Waals surface area contributed by atoms with Crippen molar-refractivity contribution in [3.63, 3.8) is 0 Å². The van der Waals surface area contributed by atoms with Gasteiger partial charge in [-0.1, -0.05) is 6.92 Å². The first kappa shape index (κ1) is 16.8.